The Kier molecular flexibility index (Phi) is 5.29. The second-order valence-corrected chi connectivity index (χ2v) is 6.27. The monoisotopic (exact) mass is 302 g/mol. The molecule has 1 unspecified atom stereocenters. The minimum atomic E-state index is 0.672. The summed E-state index contributed by atoms with van der Waals surface area (Å²) in [6.45, 7) is 3.28. The maximum absolute atomic E-state index is 3.60. The summed E-state index contributed by atoms with van der Waals surface area (Å²) < 4.78 is 1.20. The van der Waals surface area contributed by atoms with Crippen molar-refractivity contribution in [3.8, 4) is 0 Å². The zero-order chi connectivity index (χ0) is 11.2. The normalized spacial score (nSPS) is 21.9. The third-order valence-electron chi connectivity index (χ3n) is 2.97. The SMILES string of the molecule is Brc1csc(CNCC2CCCCCN2)c1. The van der Waals surface area contributed by atoms with E-state index in [1.165, 1.54) is 41.6 Å². The molecule has 1 aliphatic rings. The molecule has 1 aromatic heterocycles. The van der Waals surface area contributed by atoms with Crippen LogP contribution in [0.4, 0.5) is 0 Å². The average molecular weight is 303 g/mol. The lowest BCUT2D eigenvalue weighted by atomic mass is 10.1. The fourth-order valence-electron chi connectivity index (χ4n) is 2.09. The van der Waals surface area contributed by atoms with Gasteiger partial charge in [-0.3, -0.25) is 0 Å². The highest BCUT2D eigenvalue weighted by Gasteiger charge is 2.10. The summed E-state index contributed by atoms with van der Waals surface area (Å²) >= 11 is 5.29. The molecule has 1 atom stereocenters. The molecule has 2 N–H and O–H groups in total. The molecular weight excluding hydrogens is 284 g/mol. The molecule has 16 heavy (non-hydrogen) atoms. The Hall–Kier alpha value is 0.1000. The summed E-state index contributed by atoms with van der Waals surface area (Å²) in [5.41, 5.74) is 0. The Morgan fingerprint density at radius 2 is 2.38 bits per heavy atom. The molecule has 0 aromatic carbocycles. The fourth-order valence-corrected chi connectivity index (χ4v) is 3.51. The Morgan fingerprint density at radius 3 is 3.19 bits per heavy atom. The first kappa shape index (κ1) is 12.6. The molecule has 0 amide bonds. The number of halogens is 1. The van der Waals surface area contributed by atoms with Crippen LogP contribution in [0.5, 0.6) is 0 Å². The second-order valence-electron chi connectivity index (χ2n) is 4.36. The Balaban J connectivity index is 1.67. The number of rotatable bonds is 4. The highest BCUT2D eigenvalue weighted by Crippen LogP contribution is 2.19. The van der Waals surface area contributed by atoms with Crippen molar-refractivity contribution in [2.45, 2.75) is 38.3 Å². The molecular formula is C12H19BrN2S. The van der Waals surface area contributed by atoms with E-state index in [2.05, 4.69) is 38.0 Å². The molecule has 1 aliphatic heterocycles. The molecule has 0 radical (unpaired) electrons. The van der Waals surface area contributed by atoms with Crippen LogP contribution >= 0.6 is 27.3 Å². The van der Waals surface area contributed by atoms with E-state index in [0.717, 1.165) is 13.1 Å². The van der Waals surface area contributed by atoms with Gasteiger partial charge in [0.25, 0.3) is 0 Å². The van der Waals surface area contributed by atoms with Crippen molar-refractivity contribution in [3.63, 3.8) is 0 Å². The first-order valence-corrected chi connectivity index (χ1v) is 7.69. The first-order chi connectivity index (χ1) is 7.84. The summed E-state index contributed by atoms with van der Waals surface area (Å²) in [6, 6.07) is 2.86. The van der Waals surface area contributed by atoms with Gasteiger partial charge in [-0.15, -0.1) is 11.3 Å². The van der Waals surface area contributed by atoms with Gasteiger partial charge in [-0.25, -0.2) is 0 Å². The summed E-state index contributed by atoms with van der Waals surface area (Å²) in [5, 5.41) is 9.28. The van der Waals surface area contributed by atoms with Crippen molar-refractivity contribution in [2.24, 2.45) is 0 Å². The lowest BCUT2D eigenvalue weighted by Gasteiger charge is -2.15. The fraction of sp³-hybridized carbons (Fsp3) is 0.667. The zero-order valence-electron chi connectivity index (χ0n) is 9.47. The van der Waals surface area contributed by atoms with Gasteiger partial charge in [0, 0.05) is 33.9 Å². The van der Waals surface area contributed by atoms with Gasteiger partial charge in [0.05, 0.1) is 0 Å². The summed E-state index contributed by atoms with van der Waals surface area (Å²) in [4.78, 5) is 1.40. The average Bonchev–Trinajstić information content (AvgIpc) is 2.54. The third-order valence-corrected chi connectivity index (χ3v) is 4.67. The maximum atomic E-state index is 3.60. The number of hydrogen-bond acceptors (Lipinski definition) is 3. The van der Waals surface area contributed by atoms with E-state index in [-0.39, 0.29) is 0 Å². The van der Waals surface area contributed by atoms with E-state index in [4.69, 9.17) is 0 Å². The van der Waals surface area contributed by atoms with Crippen molar-refractivity contribution < 1.29 is 0 Å². The minimum Gasteiger partial charge on any atom is -0.313 e. The molecule has 1 aromatic rings. The van der Waals surface area contributed by atoms with Crippen LogP contribution in [0, 0.1) is 0 Å². The highest BCUT2D eigenvalue weighted by atomic mass is 79.9. The molecule has 1 saturated heterocycles. The van der Waals surface area contributed by atoms with Crippen LogP contribution in [0.25, 0.3) is 0 Å². The van der Waals surface area contributed by atoms with Gasteiger partial charge >= 0.3 is 0 Å². The van der Waals surface area contributed by atoms with Crippen LogP contribution in [0.1, 0.15) is 30.6 Å². The molecule has 1 fully saturated rings. The second kappa shape index (κ2) is 6.74. The smallest absolute Gasteiger partial charge is 0.0300 e. The molecule has 0 aliphatic carbocycles. The van der Waals surface area contributed by atoms with Crippen LogP contribution in [0.3, 0.4) is 0 Å². The van der Waals surface area contributed by atoms with Gasteiger partial charge in [-0.2, -0.15) is 0 Å². The van der Waals surface area contributed by atoms with Gasteiger partial charge in [0.15, 0.2) is 0 Å². The van der Waals surface area contributed by atoms with E-state index in [1.807, 2.05) is 11.3 Å². The van der Waals surface area contributed by atoms with Crippen LogP contribution < -0.4 is 10.6 Å². The van der Waals surface area contributed by atoms with Gasteiger partial charge < -0.3 is 10.6 Å². The molecule has 0 bridgehead atoms. The van der Waals surface area contributed by atoms with Crippen molar-refractivity contribution in [1.29, 1.82) is 0 Å². The standard InChI is InChI=1S/C12H19BrN2S/c13-10-6-12(16-9-10)8-14-7-11-4-2-1-3-5-15-11/h6,9,11,14-15H,1-5,7-8H2. The van der Waals surface area contributed by atoms with Crippen LogP contribution in [0.15, 0.2) is 15.9 Å². The molecule has 2 rings (SSSR count). The van der Waals surface area contributed by atoms with Gasteiger partial charge in [-0.1, -0.05) is 12.8 Å². The summed E-state index contributed by atoms with van der Waals surface area (Å²) in [5.74, 6) is 0. The van der Waals surface area contributed by atoms with E-state index in [0.29, 0.717) is 6.04 Å². The third kappa shape index (κ3) is 4.17. The number of nitrogens with one attached hydrogen (secondary N) is 2. The van der Waals surface area contributed by atoms with Gasteiger partial charge in [-0.05, 0) is 41.4 Å². The summed E-state index contributed by atoms with van der Waals surface area (Å²) in [6.07, 6.45) is 5.43. The van der Waals surface area contributed by atoms with Crippen LogP contribution in [0.2, 0.25) is 0 Å². The summed E-state index contributed by atoms with van der Waals surface area (Å²) in [7, 11) is 0. The van der Waals surface area contributed by atoms with E-state index < -0.39 is 0 Å². The molecule has 0 spiro atoms. The Bertz CT molecular complexity index is 306. The predicted molar refractivity (Wildman–Crippen MR) is 74.0 cm³/mol. The van der Waals surface area contributed by atoms with Crippen LogP contribution in [-0.4, -0.2) is 19.1 Å². The topological polar surface area (TPSA) is 24.1 Å². The molecule has 2 heterocycles. The van der Waals surface area contributed by atoms with Crippen molar-refractivity contribution in [3.05, 3.63) is 20.8 Å². The van der Waals surface area contributed by atoms with Crippen molar-refractivity contribution in [1.82, 2.24) is 10.6 Å². The Labute approximate surface area is 110 Å². The van der Waals surface area contributed by atoms with Crippen molar-refractivity contribution >= 4 is 27.3 Å². The first-order valence-electron chi connectivity index (χ1n) is 6.01. The molecule has 4 heteroatoms. The predicted octanol–water partition coefficient (Wildman–Crippen LogP) is 3.13. The Morgan fingerprint density at radius 1 is 1.44 bits per heavy atom. The number of hydrogen-bond donors (Lipinski definition) is 2. The van der Waals surface area contributed by atoms with Crippen molar-refractivity contribution in [2.75, 3.05) is 13.1 Å². The van der Waals surface area contributed by atoms with Gasteiger partial charge in [0.1, 0.15) is 0 Å². The van der Waals surface area contributed by atoms with Crippen LogP contribution in [-0.2, 0) is 6.54 Å². The van der Waals surface area contributed by atoms with E-state index in [9.17, 15) is 0 Å². The van der Waals surface area contributed by atoms with Gasteiger partial charge in [0.2, 0.25) is 0 Å². The quantitative estimate of drug-likeness (QED) is 0.893. The van der Waals surface area contributed by atoms with E-state index in [1.54, 1.807) is 0 Å². The number of thiophene rings is 1. The largest absolute Gasteiger partial charge is 0.313 e. The molecule has 0 saturated carbocycles. The lowest BCUT2D eigenvalue weighted by molar-refractivity contribution is 0.471. The van der Waals surface area contributed by atoms with E-state index >= 15 is 0 Å². The molecule has 90 valence electrons. The molecule has 2 nitrogen and oxygen atoms in total. The highest BCUT2D eigenvalue weighted by molar-refractivity contribution is 9.10. The zero-order valence-corrected chi connectivity index (χ0v) is 11.9. The minimum absolute atomic E-state index is 0.672. The maximum Gasteiger partial charge on any atom is 0.0300 e. The lowest BCUT2D eigenvalue weighted by Crippen LogP contribution is -2.37.